The monoisotopic (exact) mass is 267 g/mol. The minimum atomic E-state index is -0.896. The number of aromatic hydroxyl groups is 1. The van der Waals surface area contributed by atoms with Gasteiger partial charge < -0.3 is 10.2 Å². The van der Waals surface area contributed by atoms with Crippen LogP contribution in [0.2, 0.25) is 0 Å². The first-order chi connectivity index (χ1) is 8.93. The Morgan fingerprint density at radius 2 is 2.21 bits per heavy atom. The second-order valence-electron chi connectivity index (χ2n) is 5.24. The quantitative estimate of drug-likeness (QED) is 0.882. The number of benzene rings is 1. The summed E-state index contributed by atoms with van der Waals surface area (Å²) in [5, 5.41) is 18.5. The lowest BCUT2D eigenvalue weighted by atomic mass is 9.88. The maximum atomic E-state index is 13.3. The number of aliphatic carboxylic acids is 1. The van der Waals surface area contributed by atoms with Gasteiger partial charge in [-0.1, -0.05) is 6.07 Å². The smallest absolute Gasteiger partial charge is 0.323 e. The van der Waals surface area contributed by atoms with Gasteiger partial charge in [0.2, 0.25) is 0 Å². The van der Waals surface area contributed by atoms with E-state index in [9.17, 15) is 14.3 Å². The van der Waals surface area contributed by atoms with Crippen molar-refractivity contribution in [1.82, 2.24) is 4.90 Å². The van der Waals surface area contributed by atoms with Crippen molar-refractivity contribution in [1.29, 1.82) is 0 Å². The van der Waals surface area contributed by atoms with E-state index in [0.29, 0.717) is 25.1 Å². The largest absolute Gasteiger partial charge is 0.505 e. The number of halogens is 1. The summed E-state index contributed by atoms with van der Waals surface area (Å²) in [4.78, 5) is 13.3. The van der Waals surface area contributed by atoms with Gasteiger partial charge in [-0.25, -0.2) is 4.39 Å². The molecule has 1 fully saturated rings. The third kappa shape index (κ3) is 2.71. The summed E-state index contributed by atoms with van der Waals surface area (Å²) >= 11 is 0. The van der Waals surface area contributed by atoms with Gasteiger partial charge in [0.25, 0.3) is 0 Å². The Morgan fingerprint density at radius 3 is 2.84 bits per heavy atom. The first kappa shape index (κ1) is 13.8. The van der Waals surface area contributed by atoms with Crippen molar-refractivity contribution in [3.05, 3.63) is 29.6 Å². The van der Waals surface area contributed by atoms with Crippen molar-refractivity contribution in [2.75, 3.05) is 6.54 Å². The molecule has 0 bridgehead atoms. The molecule has 1 saturated heterocycles. The molecule has 4 nitrogen and oxygen atoms in total. The van der Waals surface area contributed by atoms with E-state index in [-0.39, 0.29) is 5.75 Å². The van der Waals surface area contributed by atoms with E-state index in [2.05, 4.69) is 0 Å². The number of carboxylic acids is 1. The zero-order chi connectivity index (χ0) is 14.0. The van der Waals surface area contributed by atoms with E-state index in [1.165, 1.54) is 12.1 Å². The molecule has 2 N–H and O–H groups in total. The highest BCUT2D eigenvalue weighted by molar-refractivity contribution is 5.78. The Morgan fingerprint density at radius 1 is 1.47 bits per heavy atom. The van der Waals surface area contributed by atoms with Crippen molar-refractivity contribution in [3.8, 4) is 5.75 Å². The number of phenols is 1. The number of phenolic OH excluding ortho intramolecular Hbond substituents is 1. The summed E-state index contributed by atoms with van der Waals surface area (Å²) in [6, 6.07) is 4.17. The zero-order valence-electron chi connectivity index (χ0n) is 10.9. The van der Waals surface area contributed by atoms with Crippen LogP contribution in [-0.2, 0) is 11.3 Å². The topological polar surface area (TPSA) is 60.8 Å². The molecule has 1 aliphatic heterocycles. The summed E-state index contributed by atoms with van der Waals surface area (Å²) in [5.74, 6) is -1.90. The van der Waals surface area contributed by atoms with E-state index in [1.807, 2.05) is 4.90 Å². The van der Waals surface area contributed by atoms with Crippen LogP contribution in [0.5, 0.6) is 5.75 Å². The first-order valence-corrected chi connectivity index (χ1v) is 6.39. The number of piperidine rings is 1. The fourth-order valence-electron chi connectivity index (χ4n) is 2.54. The number of rotatable bonds is 3. The van der Waals surface area contributed by atoms with Crippen LogP contribution in [0.1, 0.15) is 31.7 Å². The molecule has 5 heteroatoms. The predicted octanol–water partition coefficient (Wildman–Crippen LogP) is 2.36. The molecule has 1 aliphatic rings. The summed E-state index contributed by atoms with van der Waals surface area (Å²) < 4.78 is 13.3. The molecule has 104 valence electrons. The summed E-state index contributed by atoms with van der Waals surface area (Å²) in [5.41, 5.74) is -0.225. The van der Waals surface area contributed by atoms with E-state index >= 15 is 0 Å². The third-order valence-electron chi connectivity index (χ3n) is 3.89. The molecule has 19 heavy (non-hydrogen) atoms. The highest BCUT2D eigenvalue weighted by Gasteiger charge is 2.41. The van der Waals surface area contributed by atoms with Crippen LogP contribution in [-0.4, -0.2) is 33.2 Å². The molecule has 0 radical (unpaired) electrons. The van der Waals surface area contributed by atoms with Gasteiger partial charge in [-0.05, 0) is 50.4 Å². The minimum absolute atomic E-state index is 0.375. The Labute approximate surface area is 111 Å². The van der Waals surface area contributed by atoms with Crippen LogP contribution in [0.25, 0.3) is 0 Å². The summed E-state index contributed by atoms with van der Waals surface area (Å²) in [6.07, 6.45) is 2.44. The van der Waals surface area contributed by atoms with E-state index in [0.717, 1.165) is 12.8 Å². The minimum Gasteiger partial charge on any atom is -0.505 e. The van der Waals surface area contributed by atoms with Gasteiger partial charge in [0.05, 0.1) is 0 Å². The molecule has 0 aliphatic carbocycles. The van der Waals surface area contributed by atoms with Crippen LogP contribution in [0.15, 0.2) is 18.2 Å². The van der Waals surface area contributed by atoms with E-state index in [1.54, 1.807) is 13.0 Å². The highest BCUT2D eigenvalue weighted by atomic mass is 19.1. The molecule has 0 aromatic heterocycles. The molecule has 0 saturated carbocycles. The number of nitrogens with zero attached hydrogens (tertiary/aromatic N) is 1. The highest BCUT2D eigenvalue weighted by Crippen LogP contribution is 2.30. The number of carbonyl (C=O) groups is 1. The van der Waals surface area contributed by atoms with E-state index in [4.69, 9.17) is 5.11 Å². The number of carboxylic acid groups (broad SMARTS) is 1. The molecule has 1 heterocycles. The SMILES string of the molecule is CC1(C(=O)O)CCCCN1Cc1ccc(O)c(F)c1. The van der Waals surface area contributed by atoms with Gasteiger partial charge in [0, 0.05) is 6.54 Å². The molecular formula is C14H18FNO3. The van der Waals surface area contributed by atoms with Crippen LogP contribution in [0.4, 0.5) is 4.39 Å². The lowest BCUT2D eigenvalue weighted by Crippen LogP contribution is -2.54. The van der Waals surface area contributed by atoms with E-state index < -0.39 is 17.3 Å². The molecular weight excluding hydrogens is 249 g/mol. The molecule has 1 aromatic carbocycles. The maximum absolute atomic E-state index is 13.3. The van der Waals surface area contributed by atoms with Gasteiger partial charge in [-0.15, -0.1) is 0 Å². The Hall–Kier alpha value is -1.62. The fourth-order valence-corrected chi connectivity index (χ4v) is 2.54. The number of hydrogen-bond acceptors (Lipinski definition) is 3. The van der Waals surface area contributed by atoms with Gasteiger partial charge >= 0.3 is 5.97 Å². The predicted molar refractivity (Wildman–Crippen MR) is 68.4 cm³/mol. The Balaban J connectivity index is 2.20. The van der Waals surface area contributed by atoms with Crippen molar-refractivity contribution in [2.45, 2.75) is 38.3 Å². The second kappa shape index (κ2) is 5.17. The van der Waals surface area contributed by atoms with Crippen LogP contribution >= 0.6 is 0 Å². The molecule has 1 unspecified atom stereocenters. The molecule has 1 aromatic rings. The molecule has 0 spiro atoms. The van der Waals surface area contributed by atoms with Gasteiger partial charge in [0.15, 0.2) is 11.6 Å². The third-order valence-corrected chi connectivity index (χ3v) is 3.89. The second-order valence-corrected chi connectivity index (χ2v) is 5.24. The average Bonchev–Trinajstić information content (AvgIpc) is 2.36. The van der Waals surface area contributed by atoms with Gasteiger partial charge in [-0.2, -0.15) is 0 Å². The van der Waals surface area contributed by atoms with Gasteiger partial charge in [-0.3, -0.25) is 9.69 Å². The zero-order valence-corrected chi connectivity index (χ0v) is 10.9. The van der Waals surface area contributed by atoms with Crippen LogP contribution in [0, 0.1) is 5.82 Å². The molecule has 1 atom stereocenters. The Bertz CT molecular complexity index is 492. The van der Waals surface area contributed by atoms with Crippen LogP contribution < -0.4 is 0 Å². The summed E-state index contributed by atoms with van der Waals surface area (Å²) in [6.45, 7) is 2.77. The lowest BCUT2D eigenvalue weighted by molar-refractivity contribution is -0.153. The van der Waals surface area contributed by atoms with Crippen molar-refractivity contribution >= 4 is 5.97 Å². The normalized spacial score (nSPS) is 24.3. The van der Waals surface area contributed by atoms with Gasteiger partial charge in [0.1, 0.15) is 5.54 Å². The molecule has 2 rings (SSSR count). The molecule has 0 amide bonds. The lowest BCUT2D eigenvalue weighted by Gasteiger charge is -2.41. The first-order valence-electron chi connectivity index (χ1n) is 6.39. The fraction of sp³-hybridized carbons (Fsp3) is 0.500. The summed E-state index contributed by atoms with van der Waals surface area (Å²) in [7, 11) is 0. The van der Waals surface area contributed by atoms with Crippen LogP contribution in [0.3, 0.4) is 0 Å². The van der Waals surface area contributed by atoms with Crippen molar-refractivity contribution in [2.24, 2.45) is 0 Å². The average molecular weight is 267 g/mol. The van der Waals surface area contributed by atoms with Crippen molar-refractivity contribution in [3.63, 3.8) is 0 Å². The number of hydrogen-bond donors (Lipinski definition) is 2. The maximum Gasteiger partial charge on any atom is 0.323 e. The number of likely N-dealkylation sites (tertiary alicyclic amines) is 1. The Kier molecular flexibility index (Phi) is 3.75. The standard InChI is InChI=1S/C14H18FNO3/c1-14(13(18)19)6-2-3-7-16(14)9-10-4-5-12(17)11(15)8-10/h4-5,8,17H,2-3,6-7,9H2,1H3,(H,18,19). The van der Waals surface area contributed by atoms with Crippen molar-refractivity contribution < 1.29 is 19.4 Å².